The van der Waals surface area contributed by atoms with Gasteiger partial charge in [-0.2, -0.15) is 13.2 Å². The van der Waals surface area contributed by atoms with Crippen molar-refractivity contribution in [2.75, 3.05) is 32.7 Å². The van der Waals surface area contributed by atoms with Crippen molar-refractivity contribution in [3.05, 3.63) is 34.9 Å². The summed E-state index contributed by atoms with van der Waals surface area (Å²) in [6, 6.07) is 3.81. The van der Waals surface area contributed by atoms with E-state index in [1.54, 1.807) is 0 Å². The number of piperazine rings is 1. The van der Waals surface area contributed by atoms with E-state index in [1.807, 2.05) is 4.90 Å². The Kier molecular flexibility index (Phi) is 5.58. The van der Waals surface area contributed by atoms with Gasteiger partial charge in [-0.3, -0.25) is 9.69 Å². The minimum atomic E-state index is -4.43. The summed E-state index contributed by atoms with van der Waals surface area (Å²) in [6.45, 7) is 6.75. The molecule has 0 amide bonds. The molecule has 1 aromatic rings. The van der Waals surface area contributed by atoms with Crippen LogP contribution in [0.15, 0.2) is 18.2 Å². The predicted molar refractivity (Wildman–Crippen MR) is 78.8 cm³/mol. The second-order valence-electron chi connectivity index (χ2n) is 5.65. The maximum absolute atomic E-state index is 13.1. The van der Waals surface area contributed by atoms with Crippen molar-refractivity contribution in [3.8, 4) is 0 Å². The molecule has 0 aromatic heterocycles. The van der Waals surface area contributed by atoms with Crippen molar-refractivity contribution < 1.29 is 18.0 Å². The van der Waals surface area contributed by atoms with Crippen LogP contribution in [0.4, 0.5) is 13.2 Å². The number of hydrogen-bond donors (Lipinski definition) is 0. The summed E-state index contributed by atoms with van der Waals surface area (Å²) >= 11 is 0. The Morgan fingerprint density at radius 2 is 1.77 bits per heavy atom. The van der Waals surface area contributed by atoms with Gasteiger partial charge in [0.2, 0.25) is 0 Å². The van der Waals surface area contributed by atoms with E-state index in [9.17, 15) is 18.0 Å². The van der Waals surface area contributed by atoms with E-state index in [-0.39, 0.29) is 17.7 Å². The maximum Gasteiger partial charge on any atom is 0.416 e. The zero-order valence-corrected chi connectivity index (χ0v) is 12.7. The van der Waals surface area contributed by atoms with Gasteiger partial charge in [-0.15, -0.1) is 0 Å². The van der Waals surface area contributed by atoms with Gasteiger partial charge in [-0.25, -0.2) is 0 Å². The van der Waals surface area contributed by atoms with Crippen molar-refractivity contribution in [2.24, 2.45) is 0 Å². The maximum atomic E-state index is 13.1. The summed E-state index contributed by atoms with van der Waals surface area (Å²) in [5.41, 5.74) is -0.404. The number of alkyl halides is 3. The van der Waals surface area contributed by atoms with Gasteiger partial charge in [-0.1, -0.05) is 19.1 Å². The van der Waals surface area contributed by atoms with E-state index >= 15 is 0 Å². The lowest BCUT2D eigenvalue weighted by Gasteiger charge is -2.35. The first-order chi connectivity index (χ1) is 10.4. The largest absolute Gasteiger partial charge is 0.416 e. The molecule has 1 fully saturated rings. The van der Waals surface area contributed by atoms with Crippen molar-refractivity contribution in [1.82, 2.24) is 9.80 Å². The van der Waals surface area contributed by atoms with E-state index in [1.165, 1.54) is 12.1 Å². The van der Waals surface area contributed by atoms with Crippen LogP contribution in [0.3, 0.4) is 0 Å². The lowest BCUT2D eigenvalue weighted by Crippen LogP contribution is -2.46. The summed E-state index contributed by atoms with van der Waals surface area (Å²) < 4.78 is 39.4. The summed E-state index contributed by atoms with van der Waals surface area (Å²) in [7, 11) is 0. The Labute approximate surface area is 128 Å². The average Bonchev–Trinajstić information content (AvgIpc) is 2.49. The summed E-state index contributed by atoms with van der Waals surface area (Å²) in [5.74, 6) is 0. The highest BCUT2D eigenvalue weighted by atomic mass is 19.4. The number of carbonyl (C=O) groups is 1. The summed E-state index contributed by atoms with van der Waals surface area (Å²) in [6.07, 6.45) is -2.90. The molecule has 1 aliphatic heterocycles. The second kappa shape index (κ2) is 7.24. The van der Waals surface area contributed by atoms with E-state index in [2.05, 4.69) is 11.8 Å². The molecule has 0 radical (unpaired) electrons. The molecular formula is C16H21F3N2O. The Balaban J connectivity index is 2.08. The third-order valence-electron chi connectivity index (χ3n) is 3.97. The first-order valence-electron chi connectivity index (χ1n) is 7.54. The van der Waals surface area contributed by atoms with Crippen LogP contribution in [0, 0.1) is 0 Å². The first kappa shape index (κ1) is 17.0. The quantitative estimate of drug-likeness (QED) is 0.781. The van der Waals surface area contributed by atoms with Gasteiger partial charge in [-0.05, 0) is 24.6 Å². The highest BCUT2D eigenvalue weighted by Crippen LogP contribution is 2.33. The van der Waals surface area contributed by atoms with Crippen LogP contribution in [0.25, 0.3) is 0 Å². The zero-order chi connectivity index (χ0) is 16.2. The van der Waals surface area contributed by atoms with Crippen molar-refractivity contribution in [2.45, 2.75) is 26.1 Å². The number of hydrogen-bond acceptors (Lipinski definition) is 3. The standard InChI is InChI=1S/C16H21F3N2O/c1-2-5-20-6-8-21(9-7-20)11-14-4-3-13(12-22)10-15(14)16(17,18)19/h3-4,10,12H,2,5-9,11H2,1H3. The molecular weight excluding hydrogens is 293 g/mol. The van der Waals surface area contributed by atoms with Crippen molar-refractivity contribution >= 4 is 6.29 Å². The fourth-order valence-corrected chi connectivity index (χ4v) is 2.80. The highest BCUT2D eigenvalue weighted by Gasteiger charge is 2.34. The topological polar surface area (TPSA) is 23.6 Å². The van der Waals surface area contributed by atoms with Gasteiger partial charge in [0, 0.05) is 38.3 Å². The third kappa shape index (κ3) is 4.30. The predicted octanol–water partition coefficient (Wildman–Crippen LogP) is 3.05. The Morgan fingerprint density at radius 3 is 2.32 bits per heavy atom. The van der Waals surface area contributed by atoms with Crippen LogP contribution in [0.5, 0.6) is 0 Å². The van der Waals surface area contributed by atoms with Gasteiger partial charge in [0.25, 0.3) is 0 Å². The van der Waals surface area contributed by atoms with Crippen molar-refractivity contribution in [1.29, 1.82) is 0 Å². The molecule has 122 valence electrons. The third-order valence-corrected chi connectivity index (χ3v) is 3.97. The van der Waals surface area contributed by atoms with Crippen LogP contribution in [-0.4, -0.2) is 48.8 Å². The minimum absolute atomic E-state index is 0.0591. The molecule has 0 bridgehead atoms. The fraction of sp³-hybridized carbons (Fsp3) is 0.562. The Morgan fingerprint density at radius 1 is 1.14 bits per heavy atom. The van der Waals surface area contributed by atoms with Gasteiger partial charge < -0.3 is 4.90 Å². The van der Waals surface area contributed by atoms with Gasteiger partial charge in [0.15, 0.2) is 0 Å². The Hall–Kier alpha value is -1.40. The fourth-order valence-electron chi connectivity index (χ4n) is 2.80. The monoisotopic (exact) mass is 314 g/mol. The molecule has 1 heterocycles. The molecule has 2 rings (SSSR count). The van der Waals surface area contributed by atoms with Crippen molar-refractivity contribution in [3.63, 3.8) is 0 Å². The van der Waals surface area contributed by atoms with Crippen LogP contribution in [-0.2, 0) is 12.7 Å². The molecule has 0 unspecified atom stereocenters. The number of benzene rings is 1. The molecule has 0 saturated carbocycles. The molecule has 22 heavy (non-hydrogen) atoms. The second-order valence-corrected chi connectivity index (χ2v) is 5.65. The molecule has 1 aromatic carbocycles. The van der Waals surface area contributed by atoms with E-state index in [0.717, 1.165) is 45.2 Å². The van der Waals surface area contributed by atoms with Gasteiger partial charge >= 0.3 is 6.18 Å². The normalized spacial score (nSPS) is 17.6. The number of carbonyl (C=O) groups excluding carboxylic acids is 1. The Bertz CT molecular complexity index is 509. The van der Waals surface area contributed by atoms with Gasteiger partial charge in [0.05, 0.1) is 5.56 Å². The molecule has 0 spiro atoms. The van der Waals surface area contributed by atoms with Crippen LogP contribution in [0.2, 0.25) is 0 Å². The number of halogens is 3. The number of rotatable bonds is 5. The number of nitrogens with zero attached hydrogens (tertiary/aromatic N) is 2. The van der Waals surface area contributed by atoms with Gasteiger partial charge in [0.1, 0.15) is 6.29 Å². The molecule has 0 N–H and O–H groups in total. The SMILES string of the molecule is CCCN1CCN(Cc2ccc(C=O)cc2C(F)(F)F)CC1. The van der Waals surface area contributed by atoms with Crippen LogP contribution < -0.4 is 0 Å². The minimum Gasteiger partial charge on any atom is -0.301 e. The highest BCUT2D eigenvalue weighted by molar-refractivity contribution is 5.75. The molecule has 3 nitrogen and oxygen atoms in total. The molecule has 1 aliphatic rings. The summed E-state index contributed by atoms with van der Waals surface area (Å²) in [4.78, 5) is 15.1. The molecule has 1 saturated heterocycles. The molecule has 0 atom stereocenters. The van der Waals surface area contributed by atoms with E-state index in [4.69, 9.17) is 0 Å². The average molecular weight is 314 g/mol. The molecule has 0 aliphatic carbocycles. The zero-order valence-electron chi connectivity index (χ0n) is 12.7. The first-order valence-corrected chi connectivity index (χ1v) is 7.54. The van der Waals surface area contributed by atoms with Crippen LogP contribution in [0.1, 0.15) is 34.8 Å². The number of aldehydes is 1. The lowest BCUT2D eigenvalue weighted by molar-refractivity contribution is -0.138. The van der Waals surface area contributed by atoms with Crippen LogP contribution >= 0.6 is 0 Å². The summed E-state index contributed by atoms with van der Waals surface area (Å²) in [5, 5.41) is 0. The molecule has 6 heteroatoms. The smallest absolute Gasteiger partial charge is 0.301 e. The van der Waals surface area contributed by atoms with E-state index in [0.29, 0.717) is 6.29 Å². The lowest BCUT2D eigenvalue weighted by atomic mass is 10.0. The van der Waals surface area contributed by atoms with E-state index < -0.39 is 11.7 Å².